The number of benzene rings is 1. The summed E-state index contributed by atoms with van der Waals surface area (Å²) < 4.78 is 0.934. The molecule has 0 aromatic heterocycles. The summed E-state index contributed by atoms with van der Waals surface area (Å²) >= 11 is 3.46. The summed E-state index contributed by atoms with van der Waals surface area (Å²) in [5.74, 6) is -0.143. The highest BCUT2D eigenvalue weighted by molar-refractivity contribution is 9.10. The highest BCUT2D eigenvalue weighted by Gasteiger charge is 2.45. The molecule has 1 aromatic carbocycles. The van der Waals surface area contributed by atoms with Gasteiger partial charge in [-0.25, -0.2) is 0 Å². The van der Waals surface area contributed by atoms with E-state index in [0.717, 1.165) is 15.6 Å². The Morgan fingerprint density at radius 1 is 1.53 bits per heavy atom. The third-order valence-electron chi connectivity index (χ3n) is 3.30. The number of hydrogen-bond acceptors (Lipinski definition) is 2. The molecule has 1 aliphatic rings. The van der Waals surface area contributed by atoms with Crippen LogP contribution >= 0.6 is 15.9 Å². The maximum absolute atomic E-state index is 12.4. The first kappa shape index (κ1) is 12.3. The van der Waals surface area contributed by atoms with Crippen LogP contribution in [0, 0.1) is 0 Å². The summed E-state index contributed by atoms with van der Waals surface area (Å²) in [5, 5.41) is 2.82. The molecular weight excluding hydrogens is 282 g/mol. The van der Waals surface area contributed by atoms with E-state index >= 15 is 0 Å². The zero-order valence-corrected chi connectivity index (χ0v) is 11.4. The molecule has 90 valence electrons. The molecule has 1 amide bonds. The molecule has 1 N–H and O–H groups in total. The van der Waals surface area contributed by atoms with Crippen LogP contribution in [-0.2, 0) is 11.2 Å². The summed E-state index contributed by atoms with van der Waals surface area (Å²) in [7, 11) is 0. The van der Waals surface area contributed by atoms with E-state index in [1.807, 2.05) is 25.1 Å². The lowest BCUT2D eigenvalue weighted by Crippen LogP contribution is -2.52. The number of Topliss-reactive ketones (excluding diaryl/α,β-unsaturated/α-hetero) is 1. The molecule has 0 heterocycles. The molecule has 0 fully saturated rings. The Labute approximate surface area is 109 Å². The first-order valence-corrected chi connectivity index (χ1v) is 6.40. The largest absolute Gasteiger partial charge is 0.343 e. The van der Waals surface area contributed by atoms with Gasteiger partial charge in [0.05, 0.1) is 0 Å². The fraction of sp³-hybridized carbons (Fsp3) is 0.385. The van der Waals surface area contributed by atoms with Crippen molar-refractivity contribution in [1.29, 1.82) is 0 Å². The summed E-state index contributed by atoms with van der Waals surface area (Å²) in [4.78, 5) is 23.7. The van der Waals surface area contributed by atoms with Crippen molar-refractivity contribution in [2.45, 2.75) is 32.2 Å². The average Bonchev–Trinajstić information content (AvgIpc) is 2.55. The van der Waals surface area contributed by atoms with Crippen LogP contribution in [0.1, 0.15) is 36.2 Å². The Morgan fingerprint density at radius 3 is 2.76 bits per heavy atom. The molecule has 0 bridgehead atoms. The fourth-order valence-electron chi connectivity index (χ4n) is 2.40. The molecule has 0 radical (unpaired) electrons. The smallest absolute Gasteiger partial charge is 0.217 e. The molecule has 0 saturated heterocycles. The second-order valence-electron chi connectivity index (χ2n) is 4.39. The Morgan fingerprint density at radius 2 is 2.24 bits per heavy atom. The van der Waals surface area contributed by atoms with E-state index < -0.39 is 5.54 Å². The average molecular weight is 296 g/mol. The molecule has 0 spiro atoms. The number of ketones is 1. The summed E-state index contributed by atoms with van der Waals surface area (Å²) in [6.07, 6.45) is 1.17. The normalized spacial score (nSPS) is 22.4. The summed E-state index contributed by atoms with van der Waals surface area (Å²) in [6.45, 7) is 3.37. The molecule has 4 heteroatoms. The molecule has 1 unspecified atom stereocenters. The first-order valence-electron chi connectivity index (χ1n) is 5.61. The van der Waals surface area contributed by atoms with Crippen LogP contribution in [0.15, 0.2) is 22.7 Å². The van der Waals surface area contributed by atoms with Crippen LogP contribution in [0.4, 0.5) is 0 Å². The Balaban J connectivity index is 2.47. The van der Waals surface area contributed by atoms with E-state index in [1.54, 1.807) is 0 Å². The number of fused-ring (bicyclic) bond motifs is 1. The van der Waals surface area contributed by atoms with Gasteiger partial charge in [0, 0.05) is 23.4 Å². The molecule has 1 aromatic rings. The zero-order valence-electron chi connectivity index (χ0n) is 9.84. The summed E-state index contributed by atoms with van der Waals surface area (Å²) in [6, 6.07) is 5.59. The van der Waals surface area contributed by atoms with Crippen molar-refractivity contribution < 1.29 is 9.59 Å². The number of carbonyl (C=O) groups is 2. The molecule has 2 rings (SSSR count). The van der Waals surface area contributed by atoms with E-state index in [-0.39, 0.29) is 11.7 Å². The van der Waals surface area contributed by atoms with Crippen LogP contribution in [0.25, 0.3) is 0 Å². The van der Waals surface area contributed by atoms with Crippen molar-refractivity contribution in [3.8, 4) is 0 Å². The number of nitrogens with one attached hydrogen (secondary N) is 1. The predicted octanol–water partition coefficient (Wildman–Crippen LogP) is 2.47. The van der Waals surface area contributed by atoms with Crippen molar-refractivity contribution in [2.75, 3.05) is 0 Å². The van der Waals surface area contributed by atoms with Gasteiger partial charge in [-0.3, -0.25) is 9.59 Å². The number of rotatable bonds is 2. The molecule has 1 aliphatic carbocycles. The van der Waals surface area contributed by atoms with Crippen molar-refractivity contribution in [3.63, 3.8) is 0 Å². The van der Waals surface area contributed by atoms with Crippen molar-refractivity contribution in [2.24, 2.45) is 0 Å². The topological polar surface area (TPSA) is 46.2 Å². The van der Waals surface area contributed by atoms with Gasteiger partial charge in [-0.05, 0) is 18.1 Å². The maximum Gasteiger partial charge on any atom is 0.217 e. The minimum absolute atomic E-state index is 0.0199. The lowest BCUT2D eigenvalue weighted by molar-refractivity contribution is -0.120. The van der Waals surface area contributed by atoms with E-state index in [2.05, 4.69) is 21.2 Å². The fourth-order valence-corrected chi connectivity index (χ4v) is 2.91. The standard InChI is InChI=1S/C13H14BrNO2/c1-3-13(15-8(2)16)7-10-9(12(13)17)5-4-6-11(10)14/h4-6H,3,7H2,1-2H3,(H,15,16). The van der Waals surface area contributed by atoms with Crippen molar-refractivity contribution in [3.05, 3.63) is 33.8 Å². The minimum atomic E-state index is -0.752. The van der Waals surface area contributed by atoms with Gasteiger partial charge in [-0.15, -0.1) is 0 Å². The number of amides is 1. The maximum atomic E-state index is 12.4. The molecule has 0 saturated carbocycles. The minimum Gasteiger partial charge on any atom is -0.343 e. The monoisotopic (exact) mass is 295 g/mol. The van der Waals surface area contributed by atoms with Gasteiger partial charge < -0.3 is 5.32 Å². The van der Waals surface area contributed by atoms with Crippen LogP contribution < -0.4 is 5.32 Å². The van der Waals surface area contributed by atoms with Gasteiger partial charge in [0.25, 0.3) is 0 Å². The van der Waals surface area contributed by atoms with E-state index in [4.69, 9.17) is 0 Å². The lowest BCUT2D eigenvalue weighted by Gasteiger charge is -2.26. The number of halogens is 1. The van der Waals surface area contributed by atoms with Crippen LogP contribution in [0.2, 0.25) is 0 Å². The van der Waals surface area contributed by atoms with Crippen molar-refractivity contribution >= 4 is 27.6 Å². The second kappa shape index (κ2) is 4.26. The second-order valence-corrected chi connectivity index (χ2v) is 5.24. The Hall–Kier alpha value is -1.16. The highest BCUT2D eigenvalue weighted by Crippen LogP contribution is 2.36. The van der Waals surface area contributed by atoms with Gasteiger partial charge in [0.2, 0.25) is 5.91 Å². The van der Waals surface area contributed by atoms with Gasteiger partial charge in [0.1, 0.15) is 5.54 Å². The SMILES string of the molecule is CCC1(NC(C)=O)Cc2c(Br)cccc2C1=O. The van der Waals surface area contributed by atoms with Gasteiger partial charge >= 0.3 is 0 Å². The van der Waals surface area contributed by atoms with E-state index in [0.29, 0.717) is 12.8 Å². The highest BCUT2D eigenvalue weighted by atomic mass is 79.9. The van der Waals surface area contributed by atoms with Crippen molar-refractivity contribution in [1.82, 2.24) is 5.32 Å². The molecule has 1 atom stereocenters. The van der Waals surface area contributed by atoms with E-state index in [1.165, 1.54) is 6.92 Å². The van der Waals surface area contributed by atoms with Gasteiger partial charge in [0.15, 0.2) is 5.78 Å². The molecule has 3 nitrogen and oxygen atoms in total. The first-order chi connectivity index (χ1) is 8.00. The quantitative estimate of drug-likeness (QED) is 0.911. The molecule has 17 heavy (non-hydrogen) atoms. The third-order valence-corrected chi connectivity index (χ3v) is 4.04. The molecule has 0 aliphatic heterocycles. The lowest BCUT2D eigenvalue weighted by atomic mass is 9.91. The number of carbonyl (C=O) groups excluding carboxylic acids is 2. The molecular formula is C13H14BrNO2. The van der Waals surface area contributed by atoms with Crippen LogP contribution in [0.3, 0.4) is 0 Å². The Kier molecular flexibility index (Phi) is 3.08. The van der Waals surface area contributed by atoms with E-state index in [9.17, 15) is 9.59 Å². The predicted molar refractivity (Wildman–Crippen MR) is 69.0 cm³/mol. The van der Waals surface area contributed by atoms with Crippen LogP contribution in [0.5, 0.6) is 0 Å². The third kappa shape index (κ3) is 1.90. The number of hydrogen-bond donors (Lipinski definition) is 1. The zero-order chi connectivity index (χ0) is 12.6. The van der Waals surface area contributed by atoms with Gasteiger partial charge in [-0.2, -0.15) is 0 Å². The summed E-state index contributed by atoms with van der Waals surface area (Å²) in [5.41, 5.74) is 0.959. The van der Waals surface area contributed by atoms with Crippen LogP contribution in [-0.4, -0.2) is 17.2 Å². The van der Waals surface area contributed by atoms with Gasteiger partial charge in [-0.1, -0.05) is 35.0 Å². The Bertz CT molecular complexity index is 498.